The molecule has 0 fully saturated rings. The summed E-state index contributed by atoms with van der Waals surface area (Å²) in [7, 11) is 0. The van der Waals surface area contributed by atoms with E-state index in [0.717, 1.165) is 45.3 Å². The summed E-state index contributed by atoms with van der Waals surface area (Å²) in [6.45, 7) is 3.88. The number of unbranched alkanes of at least 4 members (excludes halogenated alkanes) is 1. The topological polar surface area (TPSA) is 119 Å². The first-order chi connectivity index (χ1) is 8.72. The van der Waals surface area contributed by atoms with Gasteiger partial charge in [-0.2, -0.15) is 0 Å². The second kappa shape index (κ2) is 12.8. The molecule has 6 nitrogen and oxygen atoms in total. The van der Waals surface area contributed by atoms with Gasteiger partial charge in [0.2, 0.25) is 5.91 Å². The van der Waals surface area contributed by atoms with Gasteiger partial charge in [-0.15, -0.1) is 0 Å². The molecule has 1 unspecified atom stereocenters. The Bertz CT molecular complexity index is 201. The van der Waals surface area contributed by atoms with Crippen molar-refractivity contribution >= 4 is 5.91 Å². The maximum Gasteiger partial charge on any atom is 0.236 e. The summed E-state index contributed by atoms with van der Waals surface area (Å²) in [5.41, 5.74) is 16.5. The van der Waals surface area contributed by atoms with Crippen LogP contribution in [0.1, 0.15) is 32.1 Å². The molecule has 1 atom stereocenters. The minimum absolute atomic E-state index is 0.0772. The molecule has 0 aliphatic heterocycles. The fraction of sp³-hybridized carbons (Fsp3) is 0.917. The number of nitrogens with two attached hydrogens (primary N) is 3. The molecule has 0 spiro atoms. The minimum atomic E-state index is -0.425. The maximum absolute atomic E-state index is 11.5. The first-order valence-corrected chi connectivity index (χ1v) is 6.86. The highest BCUT2D eigenvalue weighted by molar-refractivity contribution is 5.81. The van der Waals surface area contributed by atoms with Gasteiger partial charge in [0.05, 0.1) is 6.04 Å². The van der Waals surface area contributed by atoms with Gasteiger partial charge in [0.25, 0.3) is 0 Å². The average Bonchev–Trinajstić information content (AvgIpc) is 2.38. The van der Waals surface area contributed by atoms with Crippen molar-refractivity contribution in [2.24, 2.45) is 17.2 Å². The van der Waals surface area contributed by atoms with Crippen molar-refractivity contribution in [2.75, 3.05) is 32.7 Å². The normalized spacial score (nSPS) is 12.4. The average molecular weight is 259 g/mol. The van der Waals surface area contributed by atoms with Gasteiger partial charge in [-0.05, 0) is 58.3 Å². The van der Waals surface area contributed by atoms with Crippen LogP contribution in [0.25, 0.3) is 0 Å². The summed E-state index contributed by atoms with van der Waals surface area (Å²) in [4.78, 5) is 11.5. The quantitative estimate of drug-likeness (QED) is 0.285. The molecule has 0 heterocycles. The highest BCUT2D eigenvalue weighted by Gasteiger charge is 2.11. The molecule has 108 valence electrons. The van der Waals surface area contributed by atoms with Crippen molar-refractivity contribution in [1.82, 2.24) is 10.6 Å². The van der Waals surface area contributed by atoms with E-state index < -0.39 is 6.04 Å². The number of nitrogens with one attached hydrogen (secondary N) is 2. The van der Waals surface area contributed by atoms with Crippen molar-refractivity contribution in [3.63, 3.8) is 0 Å². The van der Waals surface area contributed by atoms with E-state index in [0.29, 0.717) is 19.5 Å². The van der Waals surface area contributed by atoms with Gasteiger partial charge in [-0.3, -0.25) is 4.79 Å². The number of hydrogen-bond donors (Lipinski definition) is 5. The van der Waals surface area contributed by atoms with Gasteiger partial charge in [-0.1, -0.05) is 0 Å². The number of carbonyl (C=O) groups excluding carboxylic acids is 1. The van der Waals surface area contributed by atoms with E-state index in [9.17, 15) is 4.79 Å². The lowest BCUT2D eigenvalue weighted by Crippen LogP contribution is -2.41. The fourth-order valence-electron chi connectivity index (χ4n) is 1.54. The summed E-state index contributed by atoms with van der Waals surface area (Å²) in [5.74, 6) is -0.0772. The summed E-state index contributed by atoms with van der Waals surface area (Å²) >= 11 is 0. The van der Waals surface area contributed by atoms with Crippen LogP contribution in [0.4, 0.5) is 0 Å². The van der Waals surface area contributed by atoms with Crippen LogP contribution in [0.3, 0.4) is 0 Å². The van der Waals surface area contributed by atoms with Crippen molar-refractivity contribution in [3.05, 3.63) is 0 Å². The molecule has 0 aromatic heterocycles. The third kappa shape index (κ3) is 10.5. The Morgan fingerprint density at radius 1 is 0.944 bits per heavy atom. The predicted molar refractivity (Wildman–Crippen MR) is 75.0 cm³/mol. The molecule has 6 heteroatoms. The maximum atomic E-state index is 11.5. The van der Waals surface area contributed by atoms with Crippen molar-refractivity contribution in [2.45, 2.75) is 38.1 Å². The molecule has 8 N–H and O–H groups in total. The van der Waals surface area contributed by atoms with E-state index in [4.69, 9.17) is 17.2 Å². The minimum Gasteiger partial charge on any atom is -0.355 e. The molecular weight excluding hydrogens is 230 g/mol. The number of hydrogen-bond acceptors (Lipinski definition) is 5. The number of rotatable bonds is 12. The lowest BCUT2D eigenvalue weighted by atomic mass is 10.1. The zero-order chi connectivity index (χ0) is 13.6. The Hall–Kier alpha value is -0.690. The second-order valence-electron chi connectivity index (χ2n) is 4.43. The highest BCUT2D eigenvalue weighted by atomic mass is 16.2. The molecule has 0 aliphatic carbocycles. The van der Waals surface area contributed by atoms with Crippen LogP contribution in [-0.4, -0.2) is 44.7 Å². The summed E-state index contributed by atoms with van der Waals surface area (Å²) < 4.78 is 0. The second-order valence-corrected chi connectivity index (χ2v) is 4.43. The van der Waals surface area contributed by atoms with Crippen LogP contribution in [0.15, 0.2) is 0 Å². The van der Waals surface area contributed by atoms with Crippen LogP contribution < -0.4 is 27.8 Å². The van der Waals surface area contributed by atoms with Crippen LogP contribution in [0, 0.1) is 0 Å². The lowest BCUT2D eigenvalue weighted by Gasteiger charge is -2.11. The molecular formula is C12H29N5O. The zero-order valence-electron chi connectivity index (χ0n) is 11.3. The third-order valence-electron chi connectivity index (χ3n) is 2.69. The largest absolute Gasteiger partial charge is 0.355 e. The van der Waals surface area contributed by atoms with Crippen LogP contribution in [0.2, 0.25) is 0 Å². The van der Waals surface area contributed by atoms with E-state index >= 15 is 0 Å². The van der Waals surface area contributed by atoms with Crippen molar-refractivity contribution < 1.29 is 4.79 Å². The Labute approximate surface area is 110 Å². The summed E-state index contributed by atoms with van der Waals surface area (Å²) in [6.07, 6.45) is 4.52. The first kappa shape index (κ1) is 17.3. The summed E-state index contributed by atoms with van der Waals surface area (Å²) in [5, 5.41) is 6.13. The van der Waals surface area contributed by atoms with Gasteiger partial charge in [-0.25, -0.2) is 0 Å². The Balaban J connectivity index is 3.29. The SMILES string of the molecule is NCCCCNCCCNC(=O)C(N)CCCN. The van der Waals surface area contributed by atoms with Crippen LogP contribution in [-0.2, 0) is 4.79 Å². The van der Waals surface area contributed by atoms with E-state index in [1.165, 1.54) is 0 Å². The summed E-state index contributed by atoms with van der Waals surface area (Å²) in [6, 6.07) is -0.425. The highest BCUT2D eigenvalue weighted by Crippen LogP contribution is 1.92. The van der Waals surface area contributed by atoms with Gasteiger partial charge in [0.15, 0.2) is 0 Å². The Kier molecular flexibility index (Phi) is 12.3. The fourth-order valence-corrected chi connectivity index (χ4v) is 1.54. The van der Waals surface area contributed by atoms with Gasteiger partial charge in [0.1, 0.15) is 0 Å². The molecule has 0 bridgehead atoms. The molecule has 0 radical (unpaired) electrons. The molecule has 0 aromatic carbocycles. The smallest absolute Gasteiger partial charge is 0.236 e. The van der Waals surface area contributed by atoms with Crippen LogP contribution >= 0.6 is 0 Å². The monoisotopic (exact) mass is 259 g/mol. The first-order valence-electron chi connectivity index (χ1n) is 6.86. The van der Waals surface area contributed by atoms with E-state index in [1.807, 2.05) is 0 Å². The van der Waals surface area contributed by atoms with Gasteiger partial charge < -0.3 is 27.8 Å². The Morgan fingerprint density at radius 2 is 1.61 bits per heavy atom. The molecule has 0 aromatic rings. The third-order valence-corrected chi connectivity index (χ3v) is 2.69. The standard InChI is InChI=1S/C12H29N5O/c13-6-1-2-8-16-9-4-10-17-12(18)11(15)5-3-7-14/h11,16H,1-10,13-15H2,(H,17,18). The van der Waals surface area contributed by atoms with Gasteiger partial charge >= 0.3 is 0 Å². The molecule has 0 rings (SSSR count). The van der Waals surface area contributed by atoms with E-state index in [-0.39, 0.29) is 5.91 Å². The molecule has 0 saturated carbocycles. The van der Waals surface area contributed by atoms with Crippen molar-refractivity contribution in [1.29, 1.82) is 0 Å². The molecule has 18 heavy (non-hydrogen) atoms. The number of carbonyl (C=O) groups is 1. The zero-order valence-corrected chi connectivity index (χ0v) is 11.3. The van der Waals surface area contributed by atoms with E-state index in [2.05, 4.69) is 10.6 Å². The van der Waals surface area contributed by atoms with Crippen molar-refractivity contribution in [3.8, 4) is 0 Å². The van der Waals surface area contributed by atoms with Crippen LogP contribution in [0.5, 0.6) is 0 Å². The van der Waals surface area contributed by atoms with E-state index in [1.54, 1.807) is 0 Å². The lowest BCUT2D eigenvalue weighted by molar-refractivity contribution is -0.122. The number of amides is 1. The van der Waals surface area contributed by atoms with Gasteiger partial charge in [0, 0.05) is 6.54 Å². The molecule has 1 amide bonds. The molecule has 0 aliphatic rings. The Morgan fingerprint density at radius 3 is 2.28 bits per heavy atom. The molecule has 0 saturated heterocycles. The predicted octanol–water partition coefficient (Wildman–Crippen LogP) is -1.11.